The van der Waals surface area contributed by atoms with Crippen molar-refractivity contribution in [3.63, 3.8) is 0 Å². The summed E-state index contributed by atoms with van der Waals surface area (Å²) in [5, 5.41) is 5.01. The smallest absolute Gasteiger partial charge is 0.0497 e. The van der Waals surface area contributed by atoms with Crippen molar-refractivity contribution in [3.8, 4) is 0 Å². The summed E-state index contributed by atoms with van der Waals surface area (Å²) in [5.74, 6) is 0.388. The molecule has 1 saturated carbocycles. The summed E-state index contributed by atoms with van der Waals surface area (Å²) in [4.78, 5) is 0. The van der Waals surface area contributed by atoms with E-state index in [1.54, 1.807) is 0 Å². The van der Waals surface area contributed by atoms with E-state index >= 15 is 0 Å². The Labute approximate surface area is 195 Å². The van der Waals surface area contributed by atoms with Gasteiger partial charge in [0.1, 0.15) is 0 Å². The van der Waals surface area contributed by atoms with Gasteiger partial charge in [-0.3, -0.25) is 0 Å². The lowest BCUT2D eigenvalue weighted by Gasteiger charge is -2.24. The molecule has 1 aliphatic rings. The van der Waals surface area contributed by atoms with Gasteiger partial charge in [0, 0.05) is 33.5 Å². The van der Waals surface area contributed by atoms with Gasteiger partial charge >= 0.3 is 0 Å². The number of nitrogens with zero attached hydrogens (tertiary/aromatic N) is 1. The lowest BCUT2D eigenvalue weighted by atomic mass is 9.87. The van der Waals surface area contributed by atoms with Crippen molar-refractivity contribution < 1.29 is 0 Å². The minimum absolute atomic E-state index is 0.388. The van der Waals surface area contributed by atoms with Crippen molar-refractivity contribution in [2.24, 2.45) is 5.73 Å². The third-order valence-electron chi connectivity index (χ3n) is 6.78. The number of rotatable bonds is 9. The largest absolute Gasteiger partial charge is 0.344 e. The van der Waals surface area contributed by atoms with E-state index in [9.17, 15) is 0 Å². The molecule has 3 N–H and O–H groups in total. The van der Waals surface area contributed by atoms with E-state index in [0.717, 1.165) is 36.9 Å². The first-order valence-corrected chi connectivity index (χ1v) is 12.7. The Hall–Kier alpha value is -1.62. The van der Waals surface area contributed by atoms with Gasteiger partial charge in [0.25, 0.3) is 0 Å². The Balaban J connectivity index is 1.73. The molecule has 4 rings (SSSR count). The zero-order valence-corrected chi connectivity index (χ0v) is 20.3. The molecular formula is C27H36BrN3. The highest BCUT2D eigenvalue weighted by molar-refractivity contribution is 9.10. The van der Waals surface area contributed by atoms with Crippen LogP contribution in [-0.2, 0) is 0 Å². The first kappa shape index (κ1) is 22.6. The van der Waals surface area contributed by atoms with Crippen molar-refractivity contribution in [1.82, 2.24) is 9.88 Å². The van der Waals surface area contributed by atoms with E-state index in [1.165, 1.54) is 59.7 Å². The molecule has 1 heterocycles. The van der Waals surface area contributed by atoms with Crippen LogP contribution in [-0.4, -0.2) is 24.2 Å². The minimum Gasteiger partial charge on any atom is -0.344 e. The van der Waals surface area contributed by atoms with Gasteiger partial charge < -0.3 is 15.6 Å². The van der Waals surface area contributed by atoms with Crippen LogP contribution in [0.15, 0.2) is 53.1 Å². The maximum atomic E-state index is 5.67. The van der Waals surface area contributed by atoms with E-state index in [1.807, 2.05) is 0 Å². The normalized spacial score (nSPS) is 16.1. The predicted molar refractivity (Wildman–Crippen MR) is 136 cm³/mol. The molecule has 1 aromatic heterocycles. The first-order valence-electron chi connectivity index (χ1n) is 11.9. The van der Waals surface area contributed by atoms with Crippen LogP contribution >= 0.6 is 15.9 Å². The van der Waals surface area contributed by atoms with Crippen LogP contribution in [0, 0.1) is 6.92 Å². The molecule has 0 spiro atoms. The molecule has 3 aromatic rings. The van der Waals surface area contributed by atoms with Crippen LogP contribution in [0.5, 0.6) is 0 Å². The number of halogens is 1. The number of nitrogens with two attached hydrogens (primary N) is 1. The lowest BCUT2D eigenvalue weighted by molar-refractivity contribution is 0.360. The summed E-state index contributed by atoms with van der Waals surface area (Å²) in [6, 6.07) is 16.5. The molecule has 2 aromatic carbocycles. The fourth-order valence-electron chi connectivity index (χ4n) is 5.18. The standard InChI is InChI=1S/C27H36BrN3/c1-20-7-5-8-21(17-20)24(13-16-30-15-6-14-29)26-19-31(23-9-3-2-4-10-23)27-18-22(28)11-12-25(26)27/h5,7-8,11-12,17-19,23-24,30H,2-4,6,9-10,13-16,29H2,1H3. The number of benzene rings is 2. The van der Waals surface area contributed by atoms with Gasteiger partial charge in [-0.25, -0.2) is 0 Å². The van der Waals surface area contributed by atoms with Gasteiger partial charge in [-0.05, 0) is 75.5 Å². The zero-order valence-electron chi connectivity index (χ0n) is 18.7. The predicted octanol–water partition coefficient (Wildman–Crippen LogP) is 6.68. The van der Waals surface area contributed by atoms with Crippen molar-refractivity contribution in [1.29, 1.82) is 0 Å². The van der Waals surface area contributed by atoms with Crippen molar-refractivity contribution in [2.75, 3.05) is 19.6 Å². The number of aryl methyl sites for hydroxylation is 1. The molecule has 1 atom stereocenters. The quantitative estimate of drug-likeness (QED) is 0.334. The second-order valence-corrected chi connectivity index (χ2v) is 10.0. The van der Waals surface area contributed by atoms with Crippen LogP contribution in [0.2, 0.25) is 0 Å². The Morgan fingerprint density at radius 1 is 1.10 bits per heavy atom. The van der Waals surface area contributed by atoms with Crippen molar-refractivity contribution in [3.05, 3.63) is 69.8 Å². The molecule has 31 heavy (non-hydrogen) atoms. The monoisotopic (exact) mass is 481 g/mol. The Morgan fingerprint density at radius 3 is 2.71 bits per heavy atom. The molecule has 0 aliphatic heterocycles. The highest BCUT2D eigenvalue weighted by Crippen LogP contribution is 2.39. The summed E-state index contributed by atoms with van der Waals surface area (Å²) < 4.78 is 3.76. The second-order valence-electron chi connectivity index (χ2n) is 9.09. The molecule has 0 radical (unpaired) electrons. The van der Waals surface area contributed by atoms with Crippen molar-refractivity contribution >= 4 is 26.8 Å². The molecule has 0 saturated heterocycles. The van der Waals surface area contributed by atoms with Crippen LogP contribution in [0.3, 0.4) is 0 Å². The molecule has 1 unspecified atom stereocenters. The molecule has 1 aliphatic carbocycles. The Morgan fingerprint density at radius 2 is 1.94 bits per heavy atom. The van der Waals surface area contributed by atoms with Crippen molar-refractivity contribution in [2.45, 2.75) is 63.8 Å². The number of hydrogen-bond donors (Lipinski definition) is 2. The summed E-state index contributed by atoms with van der Waals surface area (Å²) in [6.07, 6.45) is 11.3. The second kappa shape index (κ2) is 10.8. The van der Waals surface area contributed by atoms with Crippen LogP contribution in [0.25, 0.3) is 10.9 Å². The third kappa shape index (κ3) is 5.42. The SMILES string of the molecule is Cc1cccc(C(CCNCCCN)c2cn(C3CCCCC3)c3cc(Br)ccc23)c1. The molecule has 1 fully saturated rings. The van der Waals surface area contributed by atoms with E-state index in [2.05, 4.69) is 81.4 Å². The lowest BCUT2D eigenvalue weighted by Crippen LogP contribution is -2.21. The summed E-state index contributed by atoms with van der Waals surface area (Å²) in [5.41, 5.74) is 11.3. The van der Waals surface area contributed by atoms with Crippen LogP contribution < -0.4 is 11.1 Å². The maximum absolute atomic E-state index is 5.67. The average molecular weight is 483 g/mol. The molecule has 4 heteroatoms. The first-order chi connectivity index (χ1) is 15.2. The fourth-order valence-corrected chi connectivity index (χ4v) is 5.53. The molecule has 166 valence electrons. The highest BCUT2D eigenvalue weighted by Gasteiger charge is 2.24. The molecular weight excluding hydrogens is 446 g/mol. The summed E-state index contributed by atoms with van der Waals surface area (Å²) >= 11 is 3.72. The number of fused-ring (bicyclic) bond motifs is 1. The Kier molecular flexibility index (Phi) is 7.86. The zero-order chi connectivity index (χ0) is 21.6. The van der Waals surface area contributed by atoms with Gasteiger partial charge in [0.15, 0.2) is 0 Å². The Bertz CT molecular complexity index is 987. The molecule has 0 bridgehead atoms. The van der Waals surface area contributed by atoms with Crippen LogP contribution in [0.1, 0.15) is 73.6 Å². The summed E-state index contributed by atoms with van der Waals surface area (Å²) in [7, 11) is 0. The molecule has 0 amide bonds. The van der Waals surface area contributed by atoms with E-state index in [4.69, 9.17) is 5.73 Å². The van der Waals surface area contributed by atoms with Gasteiger partial charge in [0.05, 0.1) is 0 Å². The summed E-state index contributed by atoms with van der Waals surface area (Å²) in [6.45, 7) is 4.94. The van der Waals surface area contributed by atoms with E-state index in [0.29, 0.717) is 12.0 Å². The highest BCUT2D eigenvalue weighted by atomic mass is 79.9. The number of nitrogens with one attached hydrogen (secondary N) is 1. The van der Waals surface area contributed by atoms with E-state index < -0.39 is 0 Å². The van der Waals surface area contributed by atoms with Gasteiger partial charge in [0.2, 0.25) is 0 Å². The van der Waals surface area contributed by atoms with Gasteiger partial charge in [-0.2, -0.15) is 0 Å². The van der Waals surface area contributed by atoms with E-state index in [-0.39, 0.29) is 0 Å². The maximum Gasteiger partial charge on any atom is 0.0497 e. The molecule has 3 nitrogen and oxygen atoms in total. The minimum atomic E-state index is 0.388. The topological polar surface area (TPSA) is 43.0 Å². The third-order valence-corrected chi connectivity index (χ3v) is 7.28. The van der Waals surface area contributed by atoms with Crippen LogP contribution in [0.4, 0.5) is 0 Å². The number of aromatic nitrogens is 1. The van der Waals surface area contributed by atoms with Gasteiger partial charge in [-0.1, -0.05) is 71.1 Å². The number of hydrogen-bond acceptors (Lipinski definition) is 2. The average Bonchev–Trinajstić information content (AvgIpc) is 3.15. The fraction of sp³-hybridized carbons (Fsp3) is 0.481. The van der Waals surface area contributed by atoms with Gasteiger partial charge in [-0.15, -0.1) is 0 Å².